The van der Waals surface area contributed by atoms with Crippen molar-refractivity contribution >= 4 is 23.6 Å². The molecule has 0 aliphatic carbocycles. The summed E-state index contributed by atoms with van der Waals surface area (Å²) in [6, 6.07) is 15.7. The summed E-state index contributed by atoms with van der Waals surface area (Å²) in [7, 11) is 0. The number of amides is 2. The summed E-state index contributed by atoms with van der Waals surface area (Å²) < 4.78 is 21.5. The van der Waals surface area contributed by atoms with E-state index in [0.717, 1.165) is 22.4 Å². The van der Waals surface area contributed by atoms with Gasteiger partial charge in [-0.15, -0.1) is 0 Å². The summed E-state index contributed by atoms with van der Waals surface area (Å²) in [5.74, 6) is -0.237. The number of nitrogens with zero attached hydrogens (tertiary/aromatic N) is 1. The molecule has 0 spiro atoms. The van der Waals surface area contributed by atoms with Gasteiger partial charge in [0.05, 0.1) is 65.1 Å². The molecular formula is C30H43N3O6. The van der Waals surface area contributed by atoms with Gasteiger partial charge >= 0.3 is 0 Å². The van der Waals surface area contributed by atoms with Crippen LogP contribution >= 0.6 is 0 Å². The van der Waals surface area contributed by atoms with Crippen molar-refractivity contribution in [2.45, 2.75) is 26.3 Å². The van der Waals surface area contributed by atoms with Crippen molar-refractivity contribution < 1.29 is 28.5 Å². The Balaban J connectivity index is 1.66. The minimum atomic E-state index is -0.161. The van der Waals surface area contributed by atoms with Crippen molar-refractivity contribution in [2.75, 3.05) is 70.8 Å². The van der Waals surface area contributed by atoms with Crippen molar-refractivity contribution in [2.24, 2.45) is 5.73 Å². The summed E-state index contributed by atoms with van der Waals surface area (Å²) in [6.07, 6.45) is 2.14. The second kappa shape index (κ2) is 19.9. The Labute approximate surface area is 232 Å². The summed E-state index contributed by atoms with van der Waals surface area (Å²) in [5.41, 5.74) is 9.19. The maximum Gasteiger partial charge on any atom is 0.229 e. The Morgan fingerprint density at radius 2 is 1.44 bits per heavy atom. The van der Waals surface area contributed by atoms with Gasteiger partial charge in [0.25, 0.3) is 0 Å². The Bertz CT molecular complexity index is 1000. The molecular weight excluding hydrogens is 498 g/mol. The molecule has 0 bridgehead atoms. The van der Waals surface area contributed by atoms with Crippen LogP contribution in [-0.4, -0.2) is 77.8 Å². The average Bonchev–Trinajstić information content (AvgIpc) is 2.95. The summed E-state index contributed by atoms with van der Waals surface area (Å²) in [5, 5.41) is 2.82. The normalized spacial score (nSPS) is 10.8. The minimum Gasteiger partial charge on any atom is -0.379 e. The molecule has 2 rings (SSSR count). The van der Waals surface area contributed by atoms with Crippen LogP contribution in [0.5, 0.6) is 0 Å². The number of rotatable bonds is 21. The lowest BCUT2D eigenvalue weighted by Crippen LogP contribution is -2.35. The van der Waals surface area contributed by atoms with Crippen LogP contribution in [0.2, 0.25) is 0 Å². The fraction of sp³-hybridized carbons (Fsp3) is 0.467. The van der Waals surface area contributed by atoms with Crippen molar-refractivity contribution in [3.05, 3.63) is 71.8 Å². The molecule has 2 aromatic carbocycles. The molecule has 0 aromatic heterocycles. The first kappa shape index (κ1) is 32.1. The highest BCUT2D eigenvalue weighted by atomic mass is 16.6. The van der Waals surface area contributed by atoms with E-state index in [0.29, 0.717) is 59.3 Å². The van der Waals surface area contributed by atoms with E-state index in [1.54, 1.807) is 11.0 Å². The van der Waals surface area contributed by atoms with Crippen LogP contribution in [-0.2, 0) is 35.1 Å². The number of anilines is 1. The molecule has 39 heavy (non-hydrogen) atoms. The predicted octanol–water partition coefficient (Wildman–Crippen LogP) is 3.09. The number of carbonyl (C=O) groups excluding carboxylic acids is 2. The van der Waals surface area contributed by atoms with E-state index in [-0.39, 0.29) is 37.8 Å². The van der Waals surface area contributed by atoms with Crippen molar-refractivity contribution in [3.63, 3.8) is 0 Å². The average molecular weight is 542 g/mol. The number of hydrogen-bond donors (Lipinski definition) is 2. The molecule has 0 aliphatic heterocycles. The monoisotopic (exact) mass is 541 g/mol. The van der Waals surface area contributed by atoms with Gasteiger partial charge in [-0.3, -0.25) is 9.59 Å². The molecule has 2 aromatic rings. The number of nitrogens with one attached hydrogen (secondary N) is 1. The molecule has 0 aliphatic rings. The lowest BCUT2D eigenvalue weighted by molar-refractivity contribution is -0.122. The van der Waals surface area contributed by atoms with E-state index >= 15 is 0 Å². The highest BCUT2D eigenvalue weighted by Gasteiger charge is 2.19. The van der Waals surface area contributed by atoms with Crippen LogP contribution in [0, 0.1) is 6.92 Å². The maximum atomic E-state index is 13.3. The number of para-hydroxylation sites is 1. The number of carbonyl (C=O) groups is 2. The zero-order chi connectivity index (χ0) is 28.1. The lowest BCUT2D eigenvalue weighted by atomic mass is 10.1. The van der Waals surface area contributed by atoms with Gasteiger partial charge < -0.3 is 34.9 Å². The van der Waals surface area contributed by atoms with Gasteiger partial charge in [0.15, 0.2) is 0 Å². The van der Waals surface area contributed by atoms with Gasteiger partial charge in [0.2, 0.25) is 11.8 Å². The summed E-state index contributed by atoms with van der Waals surface area (Å²) >= 11 is 0. The zero-order valence-corrected chi connectivity index (χ0v) is 23.1. The first-order valence-corrected chi connectivity index (χ1v) is 13.4. The Hall–Kier alpha value is -3.08. The molecule has 0 atom stereocenters. The minimum absolute atomic E-state index is 0.0756. The molecule has 9 nitrogen and oxygen atoms in total. The van der Waals surface area contributed by atoms with Crippen LogP contribution in [0.4, 0.5) is 5.69 Å². The van der Waals surface area contributed by atoms with Gasteiger partial charge in [-0.2, -0.15) is 0 Å². The number of nitrogens with two attached hydrogens (primary N) is 1. The molecule has 0 fully saturated rings. The highest BCUT2D eigenvalue weighted by molar-refractivity contribution is 5.95. The number of hydrogen-bond acceptors (Lipinski definition) is 7. The van der Waals surface area contributed by atoms with Crippen molar-refractivity contribution in [1.82, 2.24) is 5.32 Å². The smallest absolute Gasteiger partial charge is 0.229 e. The molecule has 0 unspecified atom stereocenters. The Morgan fingerprint density at radius 1 is 0.846 bits per heavy atom. The van der Waals surface area contributed by atoms with E-state index in [9.17, 15) is 9.59 Å². The van der Waals surface area contributed by atoms with Crippen molar-refractivity contribution in [3.8, 4) is 0 Å². The van der Waals surface area contributed by atoms with Crippen LogP contribution in [0.25, 0.3) is 6.08 Å². The third-order valence-corrected chi connectivity index (χ3v) is 5.85. The lowest BCUT2D eigenvalue weighted by Gasteiger charge is -2.26. The molecule has 0 heterocycles. The van der Waals surface area contributed by atoms with Crippen LogP contribution < -0.4 is 16.0 Å². The summed E-state index contributed by atoms with van der Waals surface area (Å²) in [4.78, 5) is 27.2. The number of ether oxygens (including phenoxy) is 4. The van der Waals surface area contributed by atoms with E-state index in [2.05, 4.69) is 11.9 Å². The first-order valence-electron chi connectivity index (χ1n) is 13.4. The fourth-order valence-electron chi connectivity index (χ4n) is 3.71. The molecule has 0 radical (unpaired) electrons. The van der Waals surface area contributed by atoms with Gasteiger partial charge in [-0.25, -0.2) is 0 Å². The van der Waals surface area contributed by atoms with Crippen LogP contribution in [0.3, 0.4) is 0 Å². The number of aryl methyl sites for hydroxylation is 1. The molecule has 9 heteroatoms. The quantitative estimate of drug-likeness (QED) is 0.234. The van der Waals surface area contributed by atoms with Gasteiger partial charge in [-0.1, -0.05) is 55.1 Å². The Morgan fingerprint density at radius 3 is 2.08 bits per heavy atom. The predicted molar refractivity (Wildman–Crippen MR) is 153 cm³/mol. The van der Waals surface area contributed by atoms with Gasteiger partial charge in [0.1, 0.15) is 0 Å². The third kappa shape index (κ3) is 13.0. The molecule has 0 saturated carbocycles. The van der Waals surface area contributed by atoms with E-state index < -0.39 is 0 Å². The molecule has 2 amide bonds. The standard InChI is InChI=1S/C30H43N3O6/c1-3-26-9-6-7-11-28(26)33(24-27-10-5-4-8-25(27)2)30(35)12-15-32-29(34)13-16-36-18-20-38-22-23-39-21-19-37-17-14-31/h3-11H,1,12-24,31H2,2H3,(H,32,34). The van der Waals surface area contributed by atoms with Crippen molar-refractivity contribution in [1.29, 1.82) is 0 Å². The molecule has 3 N–H and O–H groups in total. The third-order valence-electron chi connectivity index (χ3n) is 5.85. The van der Waals surface area contributed by atoms with E-state index in [1.807, 2.05) is 55.5 Å². The largest absolute Gasteiger partial charge is 0.379 e. The highest BCUT2D eigenvalue weighted by Crippen LogP contribution is 2.25. The van der Waals surface area contributed by atoms with Crippen LogP contribution in [0.15, 0.2) is 55.1 Å². The number of benzene rings is 2. The zero-order valence-electron chi connectivity index (χ0n) is 23.1. The van der Waals surface area contributed by atoms with E-state index in [4.69, 9.17) is 24.7 Å². The molecule has 0 saturated heterocycles. The Kier molecular flexibility index (Phi) is 16.4. The first-order chi connectivity index (χ1) is 19.1. The second-order valence-electron chi connectivity index (χ2n) is 8.76. The molecule has 214 valence electrons. The van der Waals surface area contributed by atoms with Gasteiger partial charge in [0, 0.05) is 25.9 Å². The maximum absolute atomic E-state index is 13.3. The second-order valence-corrected chi connectivity index (χ2v) is 8.76. The van der Waals surface area contributed by atoms with E-state index in [1.165, 1.54) is 0 Å². The topological polar surface area (TPSA) is 112 Å². The van der Waals surface area contributed by atoms with Crippen LogP contribution in [0.1, 0.15) is 29.5 Å². The SMILES string of the molecule is C=Cc1ccccc1N(Cc1ccccc1C)C(=O)CCNC(=O)CCOCCOCCOCCOCCN. The summed E-state index contributed by atoms with van der Waals surface area (Å²) in [6.45, 7) is 10.7. The fourth-order valence-corrected chi connectivity index (χ4v) is 3.71. The van der Waals surface area contributed by atoms with Gasteiger partial charge in [-0.05, 0) is 29.7 Å².